The summed E-state index contributed by atoms with van der Waals surface area (Å²) < 4.78 is 47.7. The number of alkyl halides is 2. The van der Waals surface area contributed by atoms with Crippen molar-refractivity contribution in [2.75, 3.05) is 6.54 Å². The molecule has 0 aromatic heterocycles. The summed E-state index contributed by atoms with van der Waals surface area (Å²) in [6.45, 7) is 5.27. The van der Waals surface area contributed by atoms with E-state index >= 15 is 0 Å². The number of halogens is 2. The summed E-state index contributed by atoms with van der Waals surface area (Å²) in [6, 6.07) is 6.38. The van der Waals surface area contributed by atoms with E-state index in [4.69, 9.17) is 0 Å². The number of benzene rings is 1. The maximum Gasteiger partial charge on any atom is 0.341 e. The van der Waals surface area contributed by atoms with Crippen LogP contribution in [0.4, 0.5) is 8.78 Å². The zero-order valence-electron chi connectivity index (χ0n) is 12.2. The Balaban J connectivity index is 2.05. The first-order valence-corrected chi connectivity index (χ1v) is 8.78. The number of sulfone groups is 1. The maximum absolute atomic E-state index is 12.5. The van der Waals surface area contributed by atoms with Crippen molar-refractivity contribution < 1.29 is 17.2 Å². The van der Waals surface area contributed by atoms with Crippen molar-refractivity contribution in [1.29, 1.82) is 0 Å². The average Bonchev–Trinajstić information content (AvgIpc) is 2.46. The highest BCUT2D eigenvalue weighted by Gasteiger charge is 2.38. The summed E-state index contributed by atoms with van der Waals surface area (Å²) in [5, 5.41) is 3.47. The Kier molecular flexibility index (Phi) is 4.99. The Hall–Kier alpha value is -1.01. The minimum Gasteiger partial charge on any atom is -0.314 e. The lowest BCUT2D eigenvalue weighted by Gasteiger charge is -2.44. The van der Waals surface area contributed by atoms with Crippen molar-refractivity contribution in [2.45, 2.75) is 49.3 Å². The SMILES string of the molecule is CCCNC1CC(c2ccc(S(=O)(=O)C(F)F)cc2)C1C. The van der Waals surface area contributed by atoms with Gasteiger partial charge in [0.1, 0.15) is 0 Å². The van der Waals surface area contributed by atoms with Crippen LogP contribution in [0, 0.1) is 5.92 Å². The van der Waals surface area contributed by atoms with E-state index in [2.05, 4.69) is 19.2 Å². The van der Waals surface area contributed by atoms with Gasteiger partial charge in [-0.25, -0.2) is 8.42 Å². The van der Waals surface area contributed by atoms with Gasteiger partial charge in [-0.15, -0.1) is 0 Å². The molecule has 0 spiro atoms. The summed E-state index contributed by atoms with van der Waals surface area (Å²) >= 11 is 0. The standard InChI is InChI=1S/C15H21F2NO2S/c1-3-8-18-14-9-13(10(14)2)11-4-6-12(7-5-11)21(19,20)15(16)17/h4-7,10,13-15,18H,3,8-9H2,1-2H3. The van der Waals surface area contributed by atoms with E-state index in [1.165, 1.54) is 12.1 Å². The van der Waals surface area contributed by atoms with Crippen LogP contribution in [0.15, 0.2) is 29.2 Å². The predicted molar refractivity (Wildman–Crippen MR) is 78.2 cm³/mol. The molecule has 118 valence electrons. The van der Waals surface area contributed by atoms with Crippen molar-refractivity contribution >= 4 is 9.84 Å². The van der Waals surface area contributed by atoms with E-state index in [0.717, 1.165) is 24.9 Å². The molecule has 6 heteroatoms. The second-order valence-electron chi connectivity index (χ2n) is 5.64. The molecule has 1 aliphatic rings. The second-order valence-corrected chi connectivity index (χ2v) is 7.55. The Morgan fingerprint density at radius 3 is 2.38 bits per heavy atom. The van der Waals surface area contributed by atoms with Gasteiger partial charge in [0.05, 0.1) is 4.90 Å². The highest BCUT2D eigenvalue weighted by Crippen LogP contribution is 2.42. The first-order valence-electron chi connectivity index (χ1n) is 7.23. The molecule has 1 aliphatic carbocycles. The van der Waals surface area contributed by atoms with Crippen LogP contribution < -0.4 is 5.32 Å². The van der Waals surface area contributed by atoms with Gasteiger partial charge in [0.25, 0.3) is 0 Å². The topological polar surface area (TPSA) is 46.2 Å². The van der Waals surface area contributed by atoms with Gasteiger partial charge >= 0.3 is 5.76 Å². The molecule has 0 amide bonds. The molecule has 0 heterocycles. The number of hydrogen-bond acceptors (Lipinski definition) is 3. The van der Waals surface area contributed by atoms with Gasteiger partial charge in [0.15, 0.2) is 0 Å². The minimum absolute atomic E-state index is 0.311. The molecule has 0 radical (unpaired) electrons. The summed E-state index contributed by atoms with van der Waals surface area (Å²) in [5.74, 6) is -2.54. The second kappa shape index (κ2) is 6.40. The molecule has 0 saturated heterocycles. The highest BCUT2D eigenvalue weighted by molar-refractivity contribution is 7.91. The third-order valence-corrected chi connectivity index (χ3v) is 5.70. The third kappa shape index (κ3) is 3.26. The average molecular weight is 317 g/mol. The van der Waals surface area contributed by atoms with Crippen LogP contribution in [0.2, 0.25) is 0 Å². The summed E-state index contributed by atoms with van der Waals surface area (Å²) in [7, 11) is -4.49. The summed E-state index contributed by atoms with van der Waals surface area (Å²) in [4.78, 5) is -0.311. The molecule has 1 aromatic carbocycles. The van der Waals surface area contributed by atoms with E-state index in [1.54, 1.807) is 12.1 Å². The van der Waals surface area contributed by atoms with E-state index in [1.807, 2.05) is 0 Å². The molecule has 1 saturated carbocycles. The lowest BCUT2D eigenvalue weighted by atomic mass is 9.67. The highest BCUT2D eigenvalue weighted by atomic mass is 32.2. The molecule has 0 bridgehead atoms. The molecule has 21 heavy (non-hydrogen) atoms. The fourth-order valence-electron chi connectivity index (χ4n) is 2.83. The van der Waals surface area contributed by atoms with Crippen molar-refractivity contribution in [3.8, 4) is 0 Å². The zero-order valence-corrected chi connectivity index (χ0v) is 13.0. The Morgan fingerprint density at radius 1 is 1.29 bits per heavy atom. The number of rotatable bonds is 6. The van der Waals surface area contributed by atoms with Gasteiger partial charge in [-0.2, -0.15) is 8.78 Å². The van der Waals surface area contributed by atoms with Crippen LogP contribution in [0.25, 0.3) is 0 Å². The monoisotopic (exact) mass is 317 g/mol. The van der Waals surface area contributed by atoms with Gasteiger partial charge in [0, 0.05) is 6.04 Å². The van der Waals surface area contributed by atoms with Gasteiger partial charge in [-0.1, -0.05) is 26.0 Å². The van der Waals surface area contributed by atoms with Crippen LogP contribution >= 0.6 is 0 Å². The molecule has 3 atom stereocenters. The number of nitrogens with one attached hydrogen (secondary N) is 1. The van der Waals surface area contributed by atoms with Crippen molar-refractivity contribution in [3.05, 3.63) is 29.8 Å². The Labute approximate surface area is 124 Å². The predicted octanol–water partition coefficient (Wildman–Crippen LogP) is 3.17. The molecular weight excluding hydrogens is 296 g/mol. The van der Waals surface area contributed by atoms with Gasteiger partial charge in [-0.05, 0) is 48.9 Å². The van der Waals surface area contributed by atoms with Crippen molar-refractivity contribution in [1.82, 2.24) is 5.32 Å². The number of hydrogen-bond donors (Lipinski definition) is 1. The van der Waals surface area contributed by atoms with Gasteiger partial charge < -0.3 is 5.32 Å². The Morgan fingerprint density at radius 2 is 1.90 bits per heavy atom. The normalized spacial score (nSPS) is 25.9. The van der Waals surface area contributed by atoms with E-state index in [-0.39, 0.29) is 4.90 Å². The van der Waals surface area contributed by atoms with Crippen LogP contribution in [-0.4, -0.2) is 26.8 Å². The molecule has 1 fully saturated rings. The zero-order chi connectivity index (χ0) is 15.6. The van der Waals surface area contributed by atoms with Crippen molar-refractivity contribution in [3.63, 3.8) is 0 Å². The molecule has 1 N–H and O–H groups in total. The molecule has 1 aromatic rings. The van der Waals surface area contributed by atoms with Gasteiger partial charge in [-0.3, -0.25) is 0 Å². The fourth-order valence-corrected chi connectivity index (χ4v) is 3.55. The molecule has 0 aliphatic heterocycles. The first kappa shape index (κ1) is 16.4. The largest absolute Gasteiger partial charge is 0.341 e. The quantitative estimate of drug-likeness (QED) is 0.876. The lowest BCUT2D eigenvalue weighted by Crippen LogP contribution is -2.48. The maximum atomic E-state index is 12.5. The summed E-state index contributed by atoms with van der Waals surface area (Å²) in [6.07, 6.45) is 2.09. The summed E-state index contributed by atoms with van der Waals surface area (Å²) in [5.41, 5.74) is 1.02. The minimum atomic E-state index is -4.49. The van der Waals surface area contributed by atoms with Crippen LogP contribution in [0.3, 0.4) is 0 Å². The molecule has 2 rings (SSSR count). The molecular formula is C15H21F2NO2S. The van der Waals surface area contributed by atoms with E-state index in [9.17, 15) is 17.2 Å². The van der Waals surface area contributed by atoms with Gasteiger partial charge in [0.2, 0.25) is 9.84 Å². The van der Waals surface area contributed by atoms with Crippen LogP contribution in [-0.2, 0) is 9.84 Å². The smallest absolute Gasteiger partial charge is 0.314 e. The molecule has 3 unspecified atom stereocenters. The van der Waals surface area contributed by atoms with Crippen LogP contribution in [0.5, 0.6) is 0 Å². The van der Waals surface area contributed by atoms with E-state index < -0.39 is 15.6 Å². The lowest BCUT2D eigenvalue weighted by molar-refractivity contribution is 0.185. The Bertz CT molecular complexity index is 572. The third-order valence-electron chi connectivity index (χ3n) is 4.31. The molecule has 3 nitrogen and oxygen atoms in total. The van der Waals surface area contributed by atoms with Crippen molar-refractivity contribution in [2.24, 2.45) is 5.92 Å². The van der Waals surface area contributed by atoms with E-state index in [0.29, 0.717) is 17.9 Å². The van der Waals surface area contributed by atoms with Crippen LogP contribution in [0.1, 0.15) is 38.2 Å². The fraction of sp³-hybridized carbons (Fsp3) is 0.600. The first-order chi connectivity index (χ1) is 9.87.